The lowest BCUT2D eigenvalue weighted by atomic mass is 10.2. The van der Waals surface area contributed by atoms with Crippen LogP contribution in [0.3, 0.4) is 0 Å². The molecule has 1 aliphatic heterocycles. The van der Waals surface area contributed by atoms with Crippen LogP contribution >= 0.6 is 23.1 Å². The minimum Gasteiger partial charge on any atom is -0.395 e. The van der Waals surface area contributed by atoms with Crippen molar-refractivity contribution in [3.05, 3.63) is 21.9 Å². The molecule has 1 N–H and O–H groups in total. The number of hydrogen-bond donors (Lipinski definition) is 1. The maximum atomic E-state index is 8.71. The van der Waals surface area contributed by atoms with E-state index in [1.54, 1.807) is 11.3 Å². The average molecular weight is 295 g/mol. The van der Waals surface area contributed by atoms with Crippen LogP contribution in [0.5, 0.6) is 0 Å². The van der Waals surface area contributed by atoms with Crippen molar-refractivity contribution in [2.75, 3.05) is 19.7 Å². The van der Waals surface area contributed by atoms with Crippen LogP contribution in [-0.4, -0.2) is 40.2 Å². The van der Waals surface area contributed by atoms with Gasteiger partial charge in [-0.1, -0.05) is 25.7 Å². The Labute approximate surface area is 124 Å². The maximum absolute atomic E-state index is 8.71. The van der Waals surface area contributed by atoms with E-state index >= 15 is 0 Å². The van der Waals surface area contributed by atoms with Crippen molar-refractivity contribution in [3.8, 4) is 11.8 Å². The average Bonchev–Trinajstić information content (AvgIpc) is 2.76. The Morgan fingerprint density at radius 2 is 2.11 bits per heavy atom. The molecule has 2 unspecified atom stereocenters. The molecule has 0 bridgehead atoms. The summed E-state index contributed by atoms with van der Waals surface area (Å²) in [6.45, 7) is 8.17. The van der Waals surface area contributed by atoms with Crippen molar-refractivity contribution in [2.45, 2.75) is 37.3 Å². The zero-order chi connectivity index (χ0) is 13.7. The van der Waals surface area contributed by atoms with Crippen LogP contribution in [0.1, 0.15) is 30.7 Å². The Hall–Kier alpha value is -0.470. The number of thiophene rings is 1. The van der Waals surface area contributed by atoms with E-state index in [-0.39, 0.29) is 6.61 Å². The topological polar surface area (TPSA) is 23.5 Å². The molecule has 2 atom stereocenters. The summed E-state index contributed by atoms with van der Waals surface area (Å²) in [5, 5.41) is 12.3. The summed E-state index contributed by atoms with van der Waals surface area (Å²) in [5.41, 5.74) is 1.08. The molecule has 19 heavy (non-hydrogen) atoms. The van der Waals surface area contributed by atoms with Gasteiger partial charge in [-0.05, 0) is 6.07 Å². The van der Waals surface area contributed by atoms with Gasteiger partial charge in [0, 0.05) is 52.4 Å². The zero-order valence-corrected chi connectivity index (χ0v) is 13.2. The Kier molecular flexibility index (Phi) is 5.77. The molecule has 0 aromatic carbocycles. The van der Waals surface area contributed by atoms with Crippen molar-refractivity contribution < 1.29 is 5.11 Å². The Morgan fingerprint density at radius 3 is 2.79 bits per heavy atom. The van der Waals surface area contributed by atoms with Gasteiger partial charge >= 0.3 is 0 Å². The summed E-state index contributed by atoms with van der Waals surface area (Å²) < 4.78 is 0. The molecule has 0 spiro atoms. The van der Waals surface area contributed by atoms with E-state index in [2.05, 4.69) is 53.8 Å². The monoisotopic (exact) mass is 295 g/mol. The summed E-state index contributed by atoms with van der Waals surface area (Å²) in [7, 11) is 0. The number of nitrogens with zero attached hydrogens (tertiary/aromatic N) is 1. The molecule has 1 aliphatic rings. The predicted octanol–water partition coefficient (Wildman–Crippen LogP) is 2.81. The summed E-state index contributed by atoms with van der Waals surface area (Å²) >= 11 is 3.88. The largest absolute Gasteiger partial charge is 0.395 e. The van der Waals surface area contributed by atoms with Gasteiger partial charge < -0.3 is 5.11 Å². The second-order valence-corrected chi connectivity index (χ2v) is 7.91. The van der Waals surface area contributed by atoms with Crippen molar-refractivity contribution >= 4 is 23.1 Å². The molecule has 2 rings (SSSR count). The standard InChI is InChI=1S/C15H21NOS2/c1-12-8-16(9-13(2)19-12)10-15-7-14(11-18-15)5-3-4-6-17/h7,11-13,17H,4,6,8-10H2,1-2H3. The van der Waals surface area contributed by atoms with Crippen LogP contribution in [0.15, 0.2) is 11.4 Å². The molecular weight excluding hydrogens is 274 g/mol. The van der Waals surface area contributed by atoms with Crippen molar-refractivity contribution in [1.82, 2.24) is 4.90 Å². The number of hydrogen-bond acceptors (Lipinski definition) is 4. The normalized spacial score (nSPS) is 23.9. The highest BCUT2D eigenvalue weighted by Gasteiger charge is 2.22. The Bertz CT molecular complexity index is 450. The van der Waals surface area contributed by atoms with E-state index in [4.69, 9.17) is 5.11 Å². The van der Waals surface area contributed by atoms with E-state index in [9.17, 15) is 0 Å². The molecule has 1 aromatic heterocycles. The number of aliphatic hydroxyl groups is 1. The molecule has 0 aliphatic carbocycles. The second kappa shape index (κ2) is 7.35. The number of thioether (sulfide) groups is 1. The first-order valence-corrected chi connectivity index (χ1v) is 8.54. The van der Waals surface area contributed by atoms with Gasteiger partial charge in [-0.15, -0.1) is 11.3 Å². The van der Waals surface area contributed by atoms with E-state index in [1.165, 1.54) is 18.0 Å². The molecule has 4 heteroatoms. The van der Waals surface area contributed by atoms with Gasteiger partial charge in [0.1, 0.15) is 0 Å². The Morgan fingerprint density at radius 1 is 1.37 bits per heavy atom. The van der Waals surface area contributed by atoms with Gasteiger partial charge in [-0.3, -0.25) is 4.90 Å². The molecule has 2 nitrogen and oxygen atoms in total. The smallest absolute Gasteiger partial charge is 0.0540 e. The fourth-order valence-electron chi connectivity index (χ4n) is 2.38. The van der Waals surface area contributed by atoms with E-state index in [0.717, 1.165) is 22.6 Å². The molecule has 1 fully saturated rings. The fourth-order valence-corrected chi connectivity index (χ4v) is 4.63. The summed E-state index contributed by atoms with van der Waals surface area (Å²) in [6, 6.07) is 2.19. The molecule has 0 radical (unpaired) electrons. The fraction of sp³-hybridized carbons (Fsp3) is 0.600. The highest BCUT2D eigenvalue weighted by Crippen LogP contribution is 2.26. The van der Waals surface area contributed by atoms with Crippen molar-refractivity contribution in [3.63, 3.8) is 0 Å². The van der Waals surface area contributed by atoms with Gasteiger partial charge in [-0.25, -0.2) is 0 Å². The third-order valence-corrected chi connectivity index (χ3v) is 5.15. The van der Waals surface area contributed by atoms with Crippen LogP contribution < -0.4 is 0 Å². The van der Waals surface area contributed by atoms with Crippen LogP contribution in [0.4, 0.5) is 0 Å². The molecule has 0 saturated carbocycles. The maximum Gasteiger partial charge on any atom is 0.0540 e. The van der Waals surface area contributed by atoms with Gasteiger partial charge in [0.25, 0.3) is 0 Å². The lowest BCUT2D eigenvalue weighted by molar-refractivity contribution is 0.265. The quantitative estimate of drug-likeness (QED) is 0.868. The first-order valence-electron chi connectivity index (χ1n) is 6.72. The third kappa shape index (κ3) is 4.85. The number of aliphatic hydroxyl groups excluding tert-OH is 1. The van der Waals surface area contributed by atoms with Gasteiger partial charge in [0.05, 0.1) is 6.61 Å². The molecule has 1 saturated heterocycles. The highest BCUT2D eigenvalue weighted by molar-refractivity contribution is 8.00. The van der Waals surface area contributed by atoms with Gasteiger partial charge in [0.2, 0.25) is 0 Å². The van der Waals surface area contributed by atoms with Crippen LogP contribution in [0.2, 0.25) is 0 Å². The molecule has 0 amide bonds. The Balaban J connectivity index is 1.91. The van der Waals surface area contributed by atoms with Crippen LogP contribution in [0, 0.1) is 11.8 Å². The van der Waals surface area contributed by atoms with Gasteiger partial charge in [-0.2, -0.15) is 11.8 Å². The van der Waals surface area contributed by atoms with E-state index in [1.807, 2.05) is 0 Å². The minimum absolute atomic E-state index is 0.144. The minimum atomic E-state index is 0.144. The highest BCUT2D eigenvalue weighted by atomic mass is 32.2. The molecular formula is C15H21NOS2. The predicted molar refractivity (Wildman–Crippen MR) is 84.7 cm³/mol. The van der Waals surface area contributed by atoms with Crippen molar-refractivity contribution in [2.24, 2.45) is 0 Å². The lowest BCUT2D eigenvalue weighted by Gasteiger charge is -2.34. The SMILES string of the molecule is CC1CN(Cc2cc(C#CCCO)cs2)CC(C)S1. The molecule has 1 aromatic rings. The lowest BCUT2D eigenvalue weighted by Crippen LogP contribution is -2.39. The third-order valence-electron chi connectivity index (χ3n) is 3.00. The zero-order valence-electron chi connectivity index (χ0n) is 11.6. The van der Waals surface area contributed by atoms with E-state index in [0.29, 0.717) is 6.42 Å². The first kappa shape index (κ1) is 14.9. The summed E-state index contributed by atoms with van der Waals surface area (Å²) in [5.74, 6) is 6.07. The summed E-state index contributed by atoms with van der Waals surface area (Å²) in [6.07, 6.45) is 0.559. The van der Waals surface area contributed by atoms with Gasteiger partial charge in [0.15, 0.2) is 0 Å². The molecule has 104 valence electrons. The molecule has 2 heterocycles. The van der Waals surface area contributed by atoms with Crippen LogP contribution in [-0.2, 0) is 6.54 Å². The van der Waals surface area contributed by atoms with Crippen molar-refractivity contribution in [1.29, 1.82) is 0 Å². The van der Waals surface area contributed by atoms with Crippen LogP contribution in [0.25, 0.3) is 0 Å². The van der Waals surface area contributed by atoms with E-state index < -0.39 is 0 Å². The number of rotatable bonds is 3. The second-order valence-electron chi connectivity index (χ2n) is 5.03. The first-order chi connectivity index (χ1) is 9.17. The summed E-state index contributed by atoms with van der Waals surface area (Å²) in [4.78, 5) is 3.93.